The van der Waals surface area contributed by atoms with E-state index in [0.29, 0.717) is 17.3 Å². The van der Waals surface area contributed by atoms with E-state index < -0.39 is 25.8 Å². The molecule has 2 heterocycles. The van der Waals surface area contributed by atoms with Crippen molar-refractivity contribution >= 4 is 43.1 Å². The average molecular weight is 537 g/mol. The van der Waals surface area contributed by atoms with Gasteiger partial charge in [0.1, 0.15) is 0 Å². The molecule has 11 heteroatoms. The fourth-order valence-electron chi connectivity index (χ4n) is 4.05. The molecule has 1 amide bonds. The smallest absolute Gasteiger partial charge is 0.291 e. The minimum atomic E-state index is -3.96. The second-order valence-electron chi connectivity index (χ2n) is 8.23. The summed E-state index contributed by atoms with van der Waals surface area (Å²) in [5.41, 5.74) is 0.346. The molecule has 4 rings (SSSR count). The van der Waals surface area contributed by atoms with Crippen LogP contribution >= 0.6 is 11.6 Å². The third-order valence-corrected chi connectivity index (χ3v) is 9.82. The Labute approximate surface area is 209 Å². The molecule has 35 heavy (non-hydrogen) atoms. The van der Waals surface area contributed by atoms with Crippen LogP contribution in [-0.4, -0.2) is 39.6 Å². The van der Waals surface area contributed by atoms with Crippen LogP contribution in [0.2, 0.25) is 5.02 Å². The highest BCUT2D eigenvalue weighted by molar-refractivity contribution is 7.91. The molecule has 1 N–H and O–H groups in total. The number of carbonyl (C=O) groups excluding carboxylic acids is 1. The summed E-state index contributed by atoms with van der Waals surface area (Å²) in [6.45, 7) is 2.48. The Hall–Kier alpha value is -2.66. The maximum absolute atomic E-state index is 13.1. The molecule has 1 atom stereocenters. The quantitative estimate of drug-likeness (QED) is 0.456. The fourth-order valence-corrected chi connectivity index (χ4v) is 7.12. The van der Waals surface area contributed by atoms with Crippen LogP contribution in [0.3, 0.4) is 0 Å². The van der Waals surface area contributed by atoms with Crippen molar-refractivity contribution in [3.63, 3.8) is 0 Å². The lowest BCUT2D eigenvalue weighted by Gasteiger charge is -2.34. The minimum Gasteiger partial charge on any atom is -0.439 e. The Bertz CT molecular complexity index is 1420. The van der Waals surface area contributed by atoms with Crippen molar-refractivity contribution in [2.45, 2.75) is 53.5 Å². The summed E-state index contributed by atoms with van der Waals surface area (Å²) >= 11 is 5.81. The number of nitrogens with zero attached hydrogens (tertiary/aromatic N) is 1. The van der Waals surface area contributed by atoms with Crippen LogP contribution in [0.4, 0.5) is 5.69 Å². The number of nitrogens with one attached hydrogen (secondary N) is 1. The van der Waals surface area contributed by atoms with E-state index in [2.05, 4.69) is 5.32 Å². The highest BCUT2D eigenvalue weighted by Gasteiger charge is 2.32. The van der Waals surface area contributed by atoms with Crippen LogP contribution in [0.25, 0.3) is 0 Å². The minimum absolute atomic E-state index is 0.00886. The van der Waals surface area contributed by atoms with Crippen molar-refractivity contribution in [2.75, 3.05) is 11.9 Å². The van der Waals surface area contributed by atoms with Crippen molar-refractivity contribution in [2.24, 2.45) is 0 Å². The number of anilines is 1. The molecule has 1 saturated heterocycles. The number of carbonyl (C=O) groups is 1. The summed E-state index contributed by atoms with van der Waals surface area (Å²) < 4.78 is 58.5. The van der Waals surface area contributed by atoms with Gasteiger partial charge in [0.25, 0.3) is 5.91 Å². The molecule has 3 aromatic rings. The van der Waals surface area contributed by atoms with E-state index in [4.69, 9.17) is 16.0 Å². The van der Waals surface area contributed by atoms with E-state index in [1.54, 1.807) is 4.31 Å². The van der Waals surface area contributed by atoms with E-state index in [1.165, 1.54) is 60.7 Å². The van der Waals surface area contributed by atoms with Crippen LogP contribution in [0, 0.1) is 0 Å². The van der Waals surface area contributed by atoms with Gasteiger partial charge >= 0.3 is 0 Å². The van der Waals surface area contributed by atoms with E-state index in [9.17, 15) is 21.6 Å². The number of benzene rings is 2. The van der Waals surface area contributed by atoms with Crippen LogP contribution in [0.1, 0.15) is 43.2 Å². The summed E-state index contributed by atoms with van der Waals surface area (Å²) in [5.74, 6) is -0.867. The molecule has 1 unspecified atom stereocenters. The predicted molar refractivity (Wildman–Crippen MR) is 132 cm³/mol. The Balaban J connectivity index is 1.47. The fraction of sp³-hybridized carbons (Fsp3) is 0.292. The molecule has 1 aliphatic heterocycles. The van der Waals surface area contributed by atoms with Crippen molar-refractivity contribution < 1.29 is 26.0 Å². The topological polar surface area (TPSA) is 114 Å². The Morgan fingerprint density at radius 1 is 0.971 bits per heavy atom. The second-order valence-corrected chi connectivity index (χ2v) is 12.4. The molecule has 0 spiro atoms. The van der Waals surface area contributed by atoms with Crippen LogP contribution < -0.4 is 5.32 Å². The number of halogens is 1. The van der Waals surface area contributed by atoms with E-state index in [0.717, 1.165) is 25.7 Å². The maximum atomic E-state index is 13.1. The van der Waals surface area contributed by atoms with Gasteiger partial charge < -0.3 is 9.73 Å². The maximum Gasteiger partial charge on any atom is 0.291 e. The molecule has 1 fully saturated rings. The molecule has 1 aromatic heterocycles. The zero-order valence-corrected chi connectivity index (χ0v) is 21.4. The lowest BCUT2D eigenvalue weighted by molar-refractivity contribution is 0.0991. The van der Waals surface area contributed by atoms with Crippen molar-refractivity contribution in [1.29, 1.82) is 0 Å². The van der Waals surface area contributed by atoms with E-state index in [-0.39, 0.29) is 26.7 Å². The predicted octanol–water partition coefficient (Wildman–Crippen LogP) is 4.97. The Kier molecular flexibility index (Phi) is 7.37. The van der Waals surface area contributed by atoms with Gasteiger partial charge in [-0.25, -0.2) is 16.8 Å². The number of sulfonamides is 1. The highest BCUT2D eigenvalue weighted by Crippen LogP contribution is 2.28. The zero-order valence-electron chi connectivity index (χ0n) is 19.0. The highest BCUT2D eigenvalue weighted by atomic mass is 35.5. The SMILES string of the molecule is CCC1CCCCN1S(=O)(=O)c1ccc(NC(=O)c2ccc(S(=O)(=O)c3ccc(Cl)cc3)o2)cc1. The number of sulfone groups is 1. The van der Waals surface area contributed by atoms with Gasteiger partial charge in [-0.15, -0.1) is 0 Å². The van der Waals surface area contributed by atoms with Gasteiger partial charge in [-0.1, -0.05) is 24.9 Å². The summed E-state index contributed by atoms with van der Waals surface area (Å²) in [7, 11) is -7.59. The molecule has 186 valence electrons. The first-order valence-electron chi connectivity index (χ1n) is 11.2. The number of rotatable bonds is 7. The largest absolute Gasteiger partial charge is 0.439 e. The van der Waals surface area contributed by atoms with Crippen molar-refractivity contribution in [3.8, 4) is 0 Å². The molecule has 2 aromatic carbocycles. The molecule has 1 aliphatic rings. The number of hydrogen-bond acceptors (Lipinski definition) is 6. The molecular weight excluding hydrogens is 512 g/mol. The third-order valence-electron chi connectivity index (χ3n) is 5.96. The third kappa shape index (κ3) is 5.30. The van der Waals surface area contributed by atoms with E-state index in [1.807, 2.05) is 6.92 Å². The lowest BCUT2D eigenvalue weighted by Crippen LogP contribution is -2.43. The lowest BCUT2D eigenvalue weighted by atomic mass is 10.0. The van der Waals surface area contributed by atoms with Gasteiger partial charge in [-0.2, -0.15) is 4.31 Å². The summed E-state index contributed by atoms with van der Waals surface area (Å²) in [6.07, 6.45) is 3.46. The first-order chi connectivity index (χ1) is 16.6. The first-order valence-corrected chi connectivity index (χ1v) is 14.5. The molecule has 0 bridgehead atoms. The van der Waals surface area contributed by atoms with Crippen LogP contribution in [-0.2, 0) is 19.9 Å². The van der Waals surface area contributed by atoms with Gasteiger partial charge in [0, 0.05) is 23.3 Å². The summed E-state index contributed by atoms with van der Waals surface area (Å²) in [6, 6.07) is 13.9. The standard InChI is InChI=1S/C24H25ClN2O6S2/c1-2-19-5-3-4-16-27(19)35(31,32)21-12-8-18(9-13-21)26-24(28)22-14-15-23(33-22)34(29,30)20-10-6-17(25)7-11-20/h6-15,19H,2-5,16H2,1H3,(H,26,28). The van der Waals surface area contributed by atoms with Gasteiger partial charge in [-0.3, -0.25) is 4.79 Å². The number of furan rings is 1. The van der Waals surface area contributed by atoms with Gasteiger partial charge in [-0.05, 0) is 79.9 Å². The van der Waals surface area contributed by atoms with Gasteiger partial charge in [0.05, 0.1) is 9.79 Å². The van der Waals surface area contributed by atoms with Crippen molar-refractivity contribution in [3.05, 3.63) is 71.4 Å². The molecule has 0 saturated carbocycles. The monoisotopic (exact) mass is 536 g/mol. The zero-order chi connectivity index (χ0) is 25.2. The number of hydrogen-bond donors (Lipinski definition) is 1. The molecule has 0 radical (unpaired) electrons. The normalized spacial score (nSPS) is 17.3. The second kappa shape index (κ2) is 10.1. The molecule has 0 aliphatic carbocycles. The van der Waals surface area contributed by atoms with Gasteiger partial charge in [0.15, 0.2) is 5.76 Å². The number of amides is 1. The Morgan fingerprint density at radius 2 is 1.63 bits per heavy atom. The van der Waals surface area contributed by atoms with Gasteiger partial charge in [0.2, 0.25) is 25.0 Å². The van der Waals surface area contributed by atoms with Crippen LogP contribution in [0.15, 0.2) is 80.0 Å². The summed E-state index contributed by atoms with van der Waals surface area (Å²) in [4.78, 5) is 12.7. The Morgan fingerprint density at radius 3 is 2.29 bits per heavy atom. The van der Waals surface area contributed by atoms with Crippen LogP contribution in [0.5, 0.6) is 0 Å². The average Bonchev–Trinajstić information content (AvgIpc) is 3.36. The van der Waals surface area contributed by atoms with E-state index >= 15 is 0 Å². The summed E-state index contributed by atoms with van der Waals surface area (Å²) in [5, 5.41) is 2.61. The van der Waals surface area contributed by atoms with Crippen molar-refractivity contribution in [1.82, 2.24) is 4.31 Å². The molecular formula is C24H25ClN2O6S2. The number of piperidine rings is 1. The molecule has 8 nitrogen and oxygen atoms in total. The first kappa shape index (κ1) is 25.4.